The molecule has 0 radical (unpaired) electrons. The zero-order valence-corrected chi connectivity index (χ0v) is 13.3. The Kier molecular flexibility index (Phi) is 4.82. The van der Waals surface area contributed by atoms with E-state index >= 15 is 0 Å². The van der Waals surface area contributed by atoms with Crippen LogP contribution in [0.1, 0.15) is 19.7 Å². The number of alkyl halides is 3. The molecule has 0 saturated carbocycles. The first-order chi connectivity index (χ1) is 10.8. The number of nitrogens with zero attached hydrogens (tertiary/aromatic N) is 2. The molecule has 0 atom stereocenters. The van der Waals surface area contributed by atoms with Gasteiger partial charge < -0.3 is 14.8 Å². The summed E-state index contributed by atoms with van der Waals surface area (Å²) in [6.07, 6.45) is -4.63. The van der Waals surface area contributed by atoms with E-state index < -0.39 is 12.0 Å². The minimum Gasteiger partial charge on any atom is -0.493 e. The van der Waals surface area contributed by atoms with Gasteiger partial charge in [0.05, 0.1) is 19.7 Å². The van der Waals surface area contributed by atoms with Crippen LogP contribution in [0.15, 0.2) is 12.1 Å². The van der Waals surface area contributed by atoms with Crippen LogP contribution >= 0.6 is 0 Å². The second kappa shape index (κ2) is 6.47. The lowest BCUT2D eigenvalue weighted by molar-refractivity contribution is -0.144. The van der Waals surface area contributed by atoms with Crippen molar-refractivity contribution in [3.8, 4) is 11.5 Å². The lowest BCUT2D eigenvalue weighted by atomic mass is 10.2. The third-order valence-electron chi connectivity index (χ3n) is 3.13. The third kappa shape index (κ3) is 3.75. The number of rotatable bonds is 5. The Morgan fingerprint density at radius 3 is 2.22 bits per heavy atom. The lowest BCUT2D eigenvalue weighted by Gasteiger charge is -2.15. The summed E-state index contributed by atoms with van der Waals surface area (Å²) in [6.45, 7) is 4.38. The van der Waals surface area contributed by atoms with Crippen LogP contribution in [-0.2, 0) is 6.18 Å². The molecule has 0 spiro atoms. The Labute approximate surface area is 131 Å². The summed E-state index contributed by atoms with van der Waals surface area (Å²) in [5, 5.41) is 3.38. The molecule has 2 rings (SSSR count). The van der Waals surface area contributed by atoms with Gasteiger partial charge in [0.25, 0.3) is 0 Å². The fourth-order valence-corrected chi connectivity index (χ4v) is 2.02. The van der Waals surface area contributed by atoms with Gasteiger partial charge in [0.1, 0.15) is 5.82 Å². The SMILES string of the molecule is COc1cc2nc(C(F)(F)F)nc(NCC(C)C)c2cc1OC. The standard InChI is InChI=1S/C15H18F3N3O2/c1-8(2)7-19-13-9-5-11(22-3)12(23-4)6-10(9)20-14(21-13)15(16,17)18/h5-6,8H,7H2,1-4H3,(H,19,20,21). The highest BCUT2D eigenvalue weighted by atomic mass is 19.4. The molecule has 5 nitrogen and oxygen atoms in total. The number of aromatic nitrogens is 2. The monoisotopic (exact) mass is 329 g/mol. The molecule has 0 fully saturated rings. The Morgan fingerprint density at radius 1 is 1.09 bits per heavy atom. The molecule has 1 N–H and O–H groups in total. The van der Waals surface area contributed by atoms with E-state index in [1.165, 1.54) is 20.3 Å². The van der Waals surface area contributed by atoms with E-state index in [-0.39, 0.29) is 17.3 Å². The maximum atomic E-state index is 13.0. The fraction of sp³-hybridized carbons (Fsp3) is 0.467. The van der Waals surface area contributed by atoms with Gasteiger partial charge in [-0.15, -0.1) is 0 Å². The Bertz CT molecular complexity index is 702. The summed E-state index contributed by atoms with van der Waals surface area (Å²) in [5.74, 6) is -0.118. The van der Waals surface area contributed by atoms with Gasteiger partial charge in [-0.2, -0.15) is 13.2 Å². The van der Waals surface area contributed by atoms with Crippen molar-refractivity contribution in [1.29, 1.82) is 0 Å². The van der Waals surface area contributed by atoms with Crippen LogP contribution in [0.25, 0.3) is 10.9 Å². The number of nitrogens with one attached hydrogen (secondary N) is 1. The number of hydrogen-bond donors (Lipinski definition) is 1. The van der Waals surface area contributed by atoms with Crippen molar-refractivity contribution in [2.75, 3.05) is 26.1 Å². The molecule has 0 aliphatic rings. The van der Waals surface area contributed by atoms with Gasteiger partial charge in [0.2, 0.25) is 5.82 Å². The molecule has 0 aliphatic carbocycles. The van der Waals surface area contributed by atoms with Crippen molar-refractivity contribution < 1.29 is 22.6 Å². The molecule has 1 aromatic heterocycles. The zero-order chi connectivity index (χ0) is 17.2. The number of halogens is 3. The largest absolute Gasteiger partial charge is 0.493 e. The van der Waals surface area contributed by atoms with Gasteiger partial charge in [0, 0.05) is 18.0 Å². The number of hydrogen-bond acceptors (Lipinski definition) is 5. The minimum absolute atomic E-state index is 0.122. The van der Waals surface area contributed by atoms with Crippen molar-refractivity contribution >= 4 is 16.7 Å². The van der Waals surface area contributed by atoms with Crippen LogP contribution in [0.5, 0.6) is 11.5 Å². The Hall–Kier alpha value is -2.25. The first-order valence-electron chi connectivity index (χ1n) is 7.01. The van der Waals surface area contributed by atoms with Crippen molar-refractivity contribution in [3.05, 3.63) is 18.0 Å². The molecular formula is C15H18F3N3O2. The van der Waals surface area contributed by atoms with Crippen molar-refractivity contribution in [1.82, 2.24) is 9.97 Å². The molecule has 1 aromatic carbocycles. The molecular weight excluding hydrogens is 311 g/mol. The normalized spacial score (nSPS) is 11.8. The van der Waals surface area contributed by atoms with Crippen LogP contribution in [-0.4, -0.2) is 30.7 Å². The molecule has 0 bridgehead atoms. The molecule has 2 aromatic rings. The average molecular weight is 329 g/mol. The van der Waals surface area contributed by atoms with E-state index in [0.717, 1.165) is 0 Å². The number of methoxy groups -OCH3 is 2. The van der Waals surface area contributed by atoms with Crippen LogP contribution in [0.3, 0.4) is 0 Å². The summed E-state index contributed by atoms with van der Waals surface area (Å²) < 4.78 is 49.4. The molecule has 0 unspecified atom stereocenters. The van der Waals surface area contributed by atoms with Gasteiger partial charge in [-0.3, -0.25) is 0 Å². The van der Waals surface area contributed by atoms with Crippen molar-refractivity contribution in [2.45, 2.75) is 20.0 Å². The van der Waals surface area contributed by atoms with Crippen LogP contribution in [0.2, 0.25) is 0 Å². The number of ether oxygens (including phenoxy) is 2. The first-order valence-corrected chi connectivity index (χ1v) is 7.01. The van der Waals surface area contributed by atoms with E-state index in [0.29, 0.717) is 23.4 Å². The van der Waals surface area contributed by atoms with Crippen LogP contribution in [0.4, 0.5) is 19.0 Å². The highest BCUT2D eigenvalue weighted by Crippen LogP contribution is 2.36. The molecule has 0 saturated heterocycles. The van der Waals surface area contributed by atoms with E-state index in [1.54, 1.807) is 6.07 Å². The molecule has 1 heterocycles. The van der Waals surface area contributed by atoms with Crippen LogP contribution < -0.4 is 14.8 Å². The van der Waals surface area contributed by atoms with Crippen molar-refractivity contribution in [2.24, 2.45) is 5.92 Å². The van der Waals surface area contributed by atoms with Gasteiger partial charge in [-0.1, -0.05) is 13.8 Å². The minimum atomic E-state index is -4.63. The number of fused-ring (bicyclic) bond motifs is 1. The van der Waals surface area contributed by atoms with Gasteiger partial charge in [0.15, 0.2) is 11.5 Å². The van der Waals surface area contributed by atoms with E-state index in [2.05, 4.69) is 15.3 Å². The molecule has 0 amide bonds. The van der Waals surface area contributed by atoms with Crippen molar-refractivity contribution in [3.63, 3.8) is 0 Å². The molecule has 23 heavy (non-hydrogen) atoms. The maximum Gasteiger partial charge on any atom is 0.451 e. The second-order valence-electron chi connectivity index (χ2n) is 5.39. The predicted octanol–water partition coefficient (Wildman–Crippen LogP) is 3.73. The fourth-order valence-electron chi connectivity index (χ4n) is 2.02. The van der Waals surface area contributed by atoms with Gasteiger partial charge in [-0.05, 0) is 12.0 Å². The average Bonchev–Trinajstić information content (AvgIpc) is 2.49. The van der Waals surface area contributed by atoms with E-state index in [1.807, 2.05) is 13.8 Å². The summed E-state index contributed by atoms with van der Waals surface area (Å²) in [7, 11) is 2.86. The van der Waals surface area contributed by atoms with E-state index in [4.69, 9.17) is 9.47 Å². The molecule has 126 valence electrons. The van der Waals surface area contributed by atoms with Crippen LogP contribution in [0, 0.1) is 5.92 Å². The number of benzene rings is 1. The second-order valence-corrected chi connectivity index (χ2v) is 5.39. The topological polar surface area (TPSA) is 56.3 Å². The Balaban J connectivity index is 2.67. The summed E-state index contributed by atoms with van der Waals surface area (Å²) in [6, 6.07) is 2.97. The lowest BCUT2D eigenvalue weighted by Crippen LogP contribution is -2.15. The number of anilines is 1. The molecule has 0 aliphatic heterocycles. The highest BCUT2D eigenvalue weighted by molar-refractivity contribution is 5.91. The molecule has 8 heteroatoms. The zero-order valence-electron chi connectivity index (χ0n) is 13.3. The quantitative estimate of drug-likeness (QED) is 0.906. The van der Waals surface area contributed by atoms with Gasteiger partial charge >= 0.3 is 6.18 Å². The highest BCUT2D eigenvalue weighted by Gasteiger charge is 2.35. The maximum absolute atomic E-state index is 13.0. The summed E-state index contributed by atoms with van der Waals surface area (Å²) in [5.41, 5.74) is 0.135. The van der Waals surface area contributed by atoms with Gasteiger partial charge in [-0.25, -0.2) is 9.97 Å². The Morgan fingerprint density at radius 2 is 1.70 bits per heavy atom. The van der Waals surface area contributed by atoms with E-state index in [9.17, 15) is 13.2 Å². The smallest absolute Gasteiger partial charge is 0.451 e. The first kappa shape index (κ1) is 17.1. The predicted molar refractivity (Wildman–Crippen MR) is 81.0 cm³/mol. The summed E-state index contributed by atoms with van der Waals surface area (Å²) in [4.78, 5) is 7.24. The summed E-state index contributed by atoms with van der Waals surface area (Å²) >= 11 is 0. The third-order valence-corrected chi connectivity index (χ3v) is 3.13.